The molecule has 0 aliphatic rings. The molecular formula is C26H18O5. The second-order valence-electron chi connectivity index (χ2n) is 7.01. The quantitative estimate of drug-likeness (QED) is 0.200. The zero-order valence-corrected chi connectivity index (χ0v) is 16.4. The van der Waals surface area contributed by atoms with Gasteiger partial charge in [-0.15, -0.1) is 0 Å². The number of ether oxygens (including phenoxy) is 1. The van der Waals surface area contributed by atoms with Crippen LogP contribution in [0.1, 0.15) is 26.3 Å². The summed E-state index contributed by atoms with van der Waals surface area (Å²) in [6.07, 6.45) is 0. The fraction of sp³-hybridized carbons (Fsp3) is 0. The highest BCUT2D eigenvalue weighted by Crippen LogP contribution is 2.27. The summed E-state index contributed by atoms with van der Waals surface area (Å²) in [6, 6.07) is 22.5. The molecule has 0 radical (unpaired) electrons. The fourth-order valence-corrected chi connectivity index (χ4v) is 3.16. The Labute approximate surface area is 178 Å². The lowest BCUT2D eigenvalue weighted by Gasteiger charge is -2.09. The van der Waals surface area contributed by atoms with Crippen LogP contribution >= 0.6 is 0 Å². The topological polar surface area (TPSA) is 83.8 Å². The minimum Gasteiger partial charge on any atom is -0.508 e. The van der Waals surface area contributed by atoms with E-state index in [4.69, 9.17) is 4.74 Å². The minimum absolute atomic E-state index is 0.0727. The maximum atomic E-state index is 12.7. The Morgan fingerprint density at radius 2 is 1.16 bits per heavy atom. The van der Waals surface area contributed by atoms with Crippen LogP contribution in [-0.2, 0) is 0 Å². The number of hydrogen-bond acceptors (Lipinski definition) is 5. The SMILES string of the molecule is C=C(C(=O)c1ccc(O)cc1)c1ccc2cc(OC(=O)c3ccc(O)cc3)ccc2c1. The fourth-order valence-electron chi connectivity index (χ4n) is 3.16. The molecule has 0 atom stereocenters. The normalized spacial score (nSPS) is 10.6. The number of phenolic OH excluding ortho intramolecular Hbond substituents is 2. The van der Waals surface area contributed by atoms with Crippen molar-refractivity contribution >= 4 is 28.1 Å². The van der Waals surface area contributed by atoms with Gasteiger partial charge in [-0.25, -0.2) is 4.79 Å². The van der Waals surface area contributed by atoms with Crippen LogP contribution in [0.5, 0.6) is 17.2 Å². The molecule has 0 saturated heterocycles. The lowest BCUT2D eigenvalue weighted by atomic mass is 9.96. The maximum Gasteiger partial charge on any atom is 0.343 e. The molecule has 5 nitrogen and oxygen atoms in total. The van der Waals surface area contributed by atoms with Crippen LogP contribution in [0.3, 0.4) is 0 Å². The maximum absolute atomic E-state index is 12.7. The average Bonchev–Trinajstić information content (AvgIpc) is 2.78. The Bertz CT molecular complexity index is 1300. The molecule has 0 spiro atoms. The largest absolute Gasteiger partial charge is 0.508 e. The summed E-state index contributed by atoms with van der Waals surface area (Å²) in [5, 5.41) is 20.4. The highest BCUT2D eigenvalue weighted by molar-refractivity contribution is 6.28. The summed E-state index contributed by atoms with van der Waals surface area (Å²) in [4.78, 5) is 24.9. The lowest BCUT2D eigenvalue weighted by molar-refractivity contribution is 0.0735. The highest BCUT2D eigenvalue weighted by atomic mass is 16.5. The van der Waals surface area contributed by atoms with E-state index in [-0.39, 0.29) is 17.3 Å². The van der Waals surface area contributed by atoms with Crippen LogP contribution in [0.15, 0.2) is 91.5 Å². The van der Waals surface area contributed by atoms with Gasteiger partial charge >= 0.3 is 5.97 Å². The van der Waals surface area contributed by atoms with E-state index in [0.29, 0.717) is 28.0 Å². The van der Waals surface area contributed by atoms with Gasteiger partial charge in [0.1, 0.15) is 17.2 Å². The molecule has 0 aliphatic carbocycles. The molecule has 0 unspecified atom stereocenters. The first kappa shape index (κ1) is 19.9. The molecule has 2 N–H and O–H groups in total. The molecule has 0 saturated carbocycles. The van der Waals surface area contributed by atoms with Gasteiger partial charge in [0.05, 0.1) is 5.56 Å². The van der Waals surface area contributed by atoms with Crippen molar-refractivity contribution in [2.24, 2.45) is 0 Å². The minimum atomic E-state index is -0.524. The highest BCUT2D eigenvalue weighted by Gasteiger charge is 2.14. The van der Waals surface area contributed by atoms with E-state index in [1.807, 2.05) is 12.1 Å². The van der Waals surface area contributed by atoms with Gasteiger partial charge in [-0.2, -0.15) is 0 Å². The van der Waals surface area contributed by atoms with Gasteiger partial charge in [0.2, 0.25) is 0 Å². The second-order valence-corrected chi connectivity index (χ2v) is 7.01. The van der Waals surface area contributed by atoms with Gasteiger partial charge in [-0.05, 0) is 83.1 Å². The molecular weight excluding hydrogens is 392 g/mol. The molecule has 0 bridgehead atoms. The number of allylic oxidation sites excluding steroid dienone is 1. The Hall–Kier alpha value is -4.38. The smallest absolute Gasteiger partial charge is 0.343 e. The zero-order valence-electron chi connectivity index (χ0n) is 16.4. The summed E-state index contributed by atoms with van der Waals surface area (Å²) >= 11 is 0. The molecule has 0 heterocycles. The molecule has 0 amide bonds. The number of phenols is 2. The van der Waals surface area contributed by atoms with Gasteiger partial charge in [0.15, 0.2) is 5.78 Å². The third kappa shape index (κ3) is 4.31. The van der Waals surface area contributed by atoms with Crippen LogP contribution in [0.25, 0.3) is 16.3 Å². The predicted molar refractivity (Wildman–Crippen MR) is 118 cm³/mol. The molecule has 0 fully saturated rings. The summed E-state index contributed by atoms with van der Waals surface area (Å²) in [5.41, 5.74) is 1.80. The third-order valence-corrected chi connectivity index (χ3v) is 4.88. The number of fused-ring (bicyclic) bond motifs is 1. The number of aromatic hydroxyl groups is 2. The molecule has 31 heavy (non-hydrogen) atoms. The number of esters is 1. The Morgan fingerprint density at radius 3 is 1.81 bits per heavy atom. The molecule has 0 aliphatic heterocycles. The Kier molecular flexibility index (Phi) is 5.24. The molecule has 4 aromatic carbocycles. The first-order valence-corrected chi connectivity index (χ1v) is 9.49. The first-order valence-electron chi connectivity index (χ1n) is 9.49. The van der Waals surface area contributed by atoms with E-state index in [1.54, 1.807) is 36.4 Å². The Balaban J connectivity index is 1.54. The van der Waals surface area contributed by atoms with Crippen molar-refractivity contribution in [3.8, 4) is 17.2 Å². The van der Waals surface area contributed by atoms with Crippen molar-refractivity contribution in [2.75, 3.05) is 0 Å². The van der Waals surface area contributed by atoms with Crippen molar-refractivity contribution < 1.29 is 24.5 Å². The monoisotopic (exact) mass is 410 g/mol. The summed E-state index contributed by atoms with van der Waals surface area (Å²) in [7, 11) is 0. The summed E-state index contributed by atoms with van der Waals surface area (Å²) in [5.74, 6) is -0.196. The van der Waals surface area contributed by atoms with E-state index in [9.17, 15) is 19.8 Å². The van der Waals surface area contributed by atoms with Crippen LogP contribution in [0.2, 0.25) is 0 Å². The number of ketones is 1. The zero-order chi connectivity index (χ0) is 22.0. The van der Waals surface area contributed by atoms with E-state index in [1.165, 1.54) is 36.4 Å². The van der Waals surface area contributed by atoms with Crippen molar-refractivity contribution in [1.29, 1.82) is 0 Å². The number of carbonyl (C=O) groups excluding carboxylic acids is 2. The Morgan fingerprint density at radius 1 is 0.645 bits per heavy atom. The molecule has 4 rings (SSSR count). The molecule has 4 aromatic rings. The molecule has 0 aromatic heterocycles. The van der Waals surface area contributed by atoms with Gasteiger partial charge in [-0.3, -0.25) is 4.79 Å². The van der Waals surface area contributed by atoms with Gasteiger partial charge in [0.25, 0.3) is 0 Å². The standard InChI is InChI=1S/C26H18O5/c1-16(25(29)17-4-9-22(27)10-5-17)19-2-3-21-15-24(13-8-20(21)14-19)31-26(30)18-6-11-23(28)12-7-18/h2-15,27-28H,1H2. The van der Waals surface area contributed by atoms with Gasteiger partial charge in [-0.1, -0.05) is 24.8 Å². The summed E-state index contributed by atoms with van der Waals surface area (Å²) in [6.45, 7) is 3.93. The number of benzene rings is 4. The third-order valence-electron chi connectivity index (χ3n) is 4.88. The second kappa shape index (κ2) is 8.16. The number of carbonyl (C=O) groups is 2. The van der Waals surface area contributed by atoms with E-state index in [0.717, 1.165) is 10.8 Å². The molecule has 5 heteroatoms. The lowest BCUT2D eigenvalue weighted by Crippen LogP contribution is -2.08. The van der Waals surface area contributed by atoms with Crippen molar-refractivity contribution in [2.45, 2.75) is 0 Å². The van der Waals surface area contributed by atoms with E-state index < -0.39 is 5.97 Å². The number of Topliss-reactive ketones (excluding diaryl/α,β-unsaturated/α-hetero) is 1. The number of rotatable bonds is 5. The molecule has 152 valence electrons. The predicted octanol–water partition coefficient (Wildman–Crippen LogP) is 5.37. The summed E-state index contributed by atoms with van der Waals surface area (Å²) < 4.78 is 5.42. The van der Waals surface area contributed by atoms with Gasteiger partial charge < -0.3 is 14.9 Å². The van der Waals surface area contributed by atoms with E-state index >= 15 is 0 Å². The van der Waals surface area contributed by atoms with Crippen LogP contribution in [0.4, 0.5) is 0 Å². The van der Waals surface area contributed by atoms with Crippen molar-refractivity contribution in [1.82, 2.24) is 0 Å². The number of hydrogen-bond donors (Lipinski definition) is 2. The van der Waals surface area contributed by atoms with Crippen LogP contribution < -0.4 is 4.74 Å². The van der Waals surface area contributed by atoms with Gasteiger partial charge in [0, 0.05) is 11.1 Å². The van der Waals surface area contributed by atoms with Crippen molar-refractivity contribution in [3.05, 3.63) is 108 Å². The van der Waals surface area contributed by atoms with Crippen LogP contribution in [-0.4, -0.2) is 22.0 Å². The first-order chi connectivity index (χ1) is 14.9. The van der Waals surface area contributed by atoms with Crippen molar-refractivity contribution in [3.63, 3.8) is 0 Å². The van der Waals surface area contributed by atoms with E-state index in [2.05, 4.69) is 6.58 Å². The average molecular weight is 410 g/mol. The van der Waals surface area contributed by atoms with Crippen LogP contribution in [0, 0.1) is 0 Å².